The van der Waals surface area contributed by atoms with Crippen molar-refractivity contribution in [1.29, 1.82) is 0 Å². The Bertz CT molecular complexity index is 717. The smallest absolute Gasteiger partial charge is 0.343 e. The molecule has 0 aliphatic heterocycles. The van der Waals surface area contributed by atoms with Gasteiger partial charge >= 0.3 is 5.97 Å². The molecule has 2 aromatic carbocycles. The monoisotopic (exact) mass is 294 g/mol. The van der Waals surface area contributed by atoms with Crippen LogP contribution in [0.15, 0.2) is 54.6 Å². The number of fused-ring (bicyclic) bond motifs is 1. The summed E-state index contributed by atoms with van der Waals surface area (Å²) in [5.41, 5.74) is 2.67. The first kappa shape index (κ1) is 14.4. The van der Waals surface area contributed by atoms with E-state index >= 15 is 0 Å². The van der Waals surface area contributed by atoms with Crippen LogP contribution in [-0.4, -0.2) is 13.1 Å². The molecule has 1 atom stereocenters. The summed E-state index contributed by atoms with van der Waals surface area (Å²) in [6.07, 6.45) is 2.97. The topological polar surface area (TPSA) is 35.5 Å². The Morgan fingerprint density at radius 3 is 2.59 bits per heavy atom. The number of methoxy groups -OCH3 is 1. The van der Waals surface area contributed by atoms with E-state index in [1.54, 1.807) is 19.2 Å². The van der Waals surface area contributed by atoms with E-state index in [9.17, 15) is 4.79 Å². The summed E-state index contributed by atoms with van der Waals surface area (Å²) in [7, 11) is 1.65. The summed E-state index contributed by atoms with van der Waals surface area (Å²) in [6, 6.07) is 14.9. The molecule has 1 aliphatic carbocycles. The average Bonchev–Trinajstić information content (AvgIpc) is 2.92. The van der Waals surface area contributed by atoms with Crippen LogP contribution in [0.25, 0.3) is 5.76 Å². The van der Waals surface area contributed by atoms with Gasteiger partial charge < -0.3 is 9.47 Å². The molecule has 1 aliphatic rings. The molecule has 112 valence electrons. The number of allylic oxidation sites excluding steroid dienone is 1. The molecule has 3 heteroatoms. The lowest BCUT2D eigenvalue weighted by Gasteiger charge is -2.10. The molecule has 0 heterocycles. The first-order valence-electron chi connectivity index (χ1n) is 7.40. The SMILES string of the molecule is CCC1C=C(OC(=O)c2ccccc2)c2ccc(OC)cc21. The van der Waals surface area contributed by atoms with Gasteiger partial charge in [0.1, 0.15) is 11.5 Å². The molecule has 0 amide bonds. The van der Waals surface area contributed by atoms with Crippen LogP contribution in [-0.2, 0) is 4.74 Å². The molecular formula is C19H18O3. The maximum Gasteiger partial charge on any atom is 0.343 e. The zero-order valence-corrected chi connectivity index (χ0v) is 12.7. The van der Waals surface area contributed by atoms with Crippen LogP contribution in [0.4, 0.5) is 0 Å². The van der Waals surface area contributed by atoms with Gasteiger partial charge in [-0.05, 0) is 48.4 Å². The van der Waals surface area contributed by atoms with Crippen LogP contribution in [0.3, 0.4) is 0 Å². The quantitative estimate of drug-likeness (QED) is 0.784. The van der Waals surface area contributed by atoms with Gasteiger partial charge in [-0.25, -0.2) is 4.79 Å². The fourth-order valence-electron chi connectivity index (χ4n) is 2.72. The van der Waals surface area contributed by atoms with Crippen molar-refractivity contribution < 1.29 is 14.3 Å². The fraction of sp³-hybridized carbons (Fsp3) is 0.211. The van der Waals surface area contributed by atoms with Crippen molar-refractivity contribution >= 4 is 11.7 Å². The van der Waals surface area contributed by atoms with Gasteiger partial charge in [0.2, 0.25) is 0 Å². The van der Waals surface area contributed by atoms with Crippen molar-refractivity contribution in [2.45, 2.75) is 19.3 Å². The molecule has 0 radical (unpaired) electrons. The molecule has 1 unspecified atom stereocenters. The van der Waals surface area contributed by atoms with Gasteiger partial charge in [-0.3, -0.25) is 0 Å². The van der Waals surface area contributed by atoms with Crippen molar-refractivity contribution in [1.82, 2.24) is 0 Å². The van der Waals surface area contributed by atoms with Crippen LogP contribution in [0.2, 0.25) is 0 Å². The van der Waals surface area contributed by atoms with Crippen LogP contribution in [0.5, 0.6) is 5.75 Å². The second-order valence-corrected chi connectivity index (χ2v) is 5.25. The van der Waals surface area contributed by atoms with Gasteiger partial charge in [-0.1, -0.05) is 25.1 Å². The third kappa shape index (κ3) is 2.62. The van der Waals surface area contributed by atoms with E-state index in [-0.39, 0.29) is 11.9 Å². The molecule has 0 saturated heterocycles. The molecule has 3 nitrogen and oxygen atoms in total. The number of hydrogen-bond acceptors (Lipinski definition) is 3. The highest BCUT2D eigenvalue weighted by Gasteiger charge is 2.25. The van der Waals surface area contributed by atoms with Gasteiger partial charge in [0, 0.05) is 11.5 Å². The van der Waals surface area contributed by atoms with Crippen LogP contribution >= 0.6 is 0 Å². The zero-order chi connectivity index (χ0) is 15.5. The Labute approximate surface area is 130 Å². The zero-order valence-electron chi connectivity index (χ0n) is 12.7. The average molecular weight is 294 g/mol. The van der Waals surface area contributed by atoms with Gasteiger partial charge in [-0.2, -0.15) is 0 Å². The van der Waals surface area contributed by atoms with E-state index in [1.807, 2.05) is 42.5 Å². The molecular weight excluding hydrogens is 276 g/mol. The molecule has 2 aromatic rings. The predicted molar refractivity (Wildman–Crippen MR) is 85.9 cm³/mol. The summed E-state index contributed by atoms with van der Waals surface area (Å²) in [5, 5.41) is 0. The summed E-state index contributed by atoms with van der Waals surface area (Å²) < 4.78 is 10.9. The van der Waals surface area contributed by atoms with Crippen LogP contribution < -0.4 is 4.74 Å². The molecule has 0 saturated carbocycles. The highest BCUT2D eigenvalue weighted by atomic mass is 16.5. The second kappa shape index (κ2) is 6.06. The standard InChI is InChI=1S/C19H18O3/c1-3-13-11-18(16-10-9-15(21-2)12-17(13)16)22-19(20)14-7-5-4-6-8-14/h4-13H,3H2,1-2H3. The van der Waals surface area contributed by atoms with Crippen molar-refractivity contribution in [3.05, 3.63) is 71.3 Å². The number of hydrogen-bond donors (Lipinski definition) is 0. The van der Waals surface area contributed by atoms with Crippen molar-refractivity contribution in [3.63, 3.8) is 0 Å². The Hall–Kier alpha value is -2.55. The van der Waals surface area contributed by atoms with Gasteiger partial charge in [-0.15, -0.1) is 0 Å². The van der Waals surface area contributed by atoms with Crippen LogP contribution in [0, 0.1) is 0 Å². The van der Waals surface area contributed by atoms with Gasteiger partial charge in [0.15, 0.2) is 0 Å². The number of carbonyl (C=O) groups is 1. The lowest BCUT2D eigenvalue weighted by Crippen LogP contribution is -2.03. The maximum atomic E-state index is 12.2. The molecule has 3 rings (SSSR count). The molecule has 0 spiro atoms. The second-order valence-electron chi connectivity index (χ2n) is 5.25. The lowest BCUT2D eigenvalue weighted by molar-refractivity contribution is 0.0692. The number of ether oxygens (including phenoxy) is 2. The number of benzene rings is 2. The lowest BCUT2D eigenvalue weighted by atomic mass is 9.98. The third-order valence-corrected chi connectivity index (χ3v) is 3.93. The minimum atomic E-state index is -0.328. The summed E-state index contributed by atoms with van der Waals surface area (Å²) >= 11 is 0. The molecule has 0 fully saturated rings. The van der Waals surface area contributed by atoms with Gasteiger partial charge in [0.25, 0.3) is 0 Å². The van der Waals surface area contributed by atoms with E-state index in [0.29, 0.717) is 11.3 Å². The number of rotatable bonds is 4. The number of carbonyl (C=O) groups excluding carboxylic acids is 1. The first-order valence-corrected chi connectivity index (χ1v) is 7.40. The predicted octanol–water partition coefficient (Wildman–Crippen LogP) is 4.40. The van der Waals surface area contributed by atoms with E-state index in [1.165, 1.54) is 0 Å². The third-order valence-electron chi connectivity index (χ3n) is 3.93. The normalized spacial score (nSPS) is 15.9. The van der Waals surface area contributed by atoms with Crippen molar-refractivity contribution in [2.24, 2.45) is 0 Å². The maximum absolute atomic E-state index is 12.2. The minimum Gasteiger partial charge on any atom is -0.497 e. The molecule has 0 N–H and O–H groups in total. The largest absolute Gasteiger partial charge is 0.497 e. The van der Waals surface area contributed by atoms with Crippen molar-refractivity contribution in [3.8, 4) is 5.75 Å². The Morgan fingerprint density at radius 1 is 1.14 bits per heavy atom. The minimum absolute atomic E-state index is 0.253. The highest BCUT2D eigenvalue weighted by Crippen LogP contribution is 2.40. The number of esters is 1. The first-order chi connectivity index (χ1) is 10.7. The van der Waals surface area contributed by atoms with E-state index in [2.05, 4.69) is 6.92 Å². The Kier molecular flexibility index (Phi) is 3.96. The van der Waals surface area contributed by atoms with Crippen LogP contribution in [0.1, 0.15) is 40.7 Å². The van der Waals surface area contributed by atoms with E-state index in [4.69, 9.17) is 9.47 Å². The molecule has 22 heavy (non-hydrogen) atoms. The fourth-order valence-corrected chi connectivity index (χ4v) is 2.72. The molecule has 0 bridgehead atoms. The Balaban J connectivity index is 1.88. The Morgan fingerprint density at radius 2 is 1.91 bits per heavy atom. The van der Waals surface area contributed by atoms with E-state index < -0.39 is 0 Å². The van der Waals surface area contributed by atoms with E-state index in [0.717, 1.165) is 23.3 Å². The molecule has 0 aromatic heterocycles. The summed E-state index contributed by atoms with van der Waals surface area (Å²) in [6.45, 7) is 2.12. The highest BCUT2D eigenvalue weighted by molar-refractivity contribution is 5.93. The van der Waals surface area contributed by atoms with Crippen molar-refractivity contribution in [2.75, 3.05) is 7.11 Å². The summed E-state index contributed by atoms with van der Waals surface area (Å²) in [4.78, 5) is 12.2. The van der Waals surface area contributed by atoms with Gasteiger partial charge in [0.05, 0.1) is 12.7 Å². The summed E-state index contributed by atoms with van der Waals surface area (Å²) in [5.74, 6) is 1.38.